The monoisotopic (exact) mass is 1220 g/mol. The molecule has 3 aromatic carbocycles. The molecular formula is C62H84N12O14. The second kappa shape index (κ2) is 31.7. The number of aliphatic carboxylic acids is 1. The first-order chi connectivity index (χ1) is 41.7. The number of nitrogens with two attached hydrogens (primary N) is 2. The highest BCUT2D eigenvalue weighted by Gasteiger charge is 2.49. The summed E-state index contributed by atoms with van der Waals surface area (Å²) in [5.74, 6) is -11.3. The van der Waals surface area contributed by atoms with Crippen molar-refractivity contribution in [3.63, 3.8) is 0 Å². The molecule has 14 N–H and O–H groups in total. The Morgan fingerprint density at radius 1 is 0.545 bits per heavy atom. The minimum absolute atomic E-state index is 0.0105. The highest BCUT2D eigenvalue weighted by atomic mass is 16.4. The van der Waals surface area contributed by atoms with Gasteiger partial charge in [0.25, 0.3) is 0 Å². The van der Waals surface area contributed by atoms with Gasteiger partial charge < -0.3 is 74.0 Å². The number of piperidine rings is 1. The van der Waals surface area contributed by atoms with Gasteiger partial charge in [0.1, 0.15) is 60.4 Å². The van der Waals surface area contributed by atoms with Gasteiger partial charge in [-0.25, -0.2) is 0 Å². The third-order valence-electron chi connectivity index (χ3n) is 16.1. The van der Waals surface area contributed by atoms with Gasteiger partial charge in [-0.2, -0.15) is 0 Å². The van der Waals surface area contributed by atoms with Crippen LogP contribution in [0, 0.1) is 11.8 Å². The molecule has 3 fully saturated rings. The zero-order valence-electron chi connectivity index (χ0n) is 50.4. The van der Waals surface area contributed by atoms with Crippen LogP contribution >= 0.6 is 0 Å². The number of rotatable bonds is 29. The Morgan fingerprint density at radius 3 is 1.60 bits per heavy atom. The molecule has 3 saturated heterocycles. The van der Waals surface area contributed by atoms with Crippen molar-refractivity contribution in [2.45, 2.75) is 184 Å². The van der Waals surface area contributed by atoms with E-state index in [1.807, 2.05) is 30.3 Å². The standard InChI is InChI=1S/C62H84N12O14/c1-33(2)49(70-56(82)44(32-48(76)77)68-60(86)51(36(6)75)72-57(83)46-26-17-27-73(46)62(88)50(34(3)4)71-54(80)41(63)28-37-18-10-7-11-19-37)59(85)69-45-31-40-24-16-25-47(74(40)61(45)87)58(84)67-43(30-39-22-14-9-15-23-39)55(81)65-35(5)53(79)66-42(52(64)78)29-38-20-12-8-13-21-38/h7-15,18-23,33-36,40-47,49-51,75H,16-17,24-32,63H2,1-6H3,(H2,64,78)(H,65,81)(H,66,79)(H,67,84)(H,68,86)(H,69,85)(H,70,82)(H,71,80)(H,72,83)(H,76,77)/t35-,36+,40+,41-,42-,43-,44-,45-,46-,47-,49-,50-,51-/m0/s1. The van der Waals surface area contributed by atoms with Crippen molar-refractivity contribution in [2.75, 3.05) is 6.54 Å². The second-order valence-electron chi connectivity index (χ2n) is 23.6. The lowest BCUT2D eigenvalue weighted by molar-refractivity contribution is -0.144. The maximum Gasteiger partial charge on any atom is 0.305 e. The third-order valence-corrected chi connectivity index (χ3v) is 16.1. The topological polar surface area (TPSA) is 400 Å². The molecule has 0 aromatic heterocycles. The number of primary amides is 1. The molecule has 3 aliphatic heterocycles. The van der Waals surface area contributed by atoms with E-state index in [1.54, 1.807) is 88.4 Å². The van der Waals surface area contributed by atoms with Gasteiger partial charge in [-0.05, 0) is 87.3 Å². The van der Waals surface area contributed by atoms with Crippen LogP contribution in [0.1, 0.15) is 103 Å². The van der Waals surface area contributed by atoms with Gasteiger partial charge in [-0.3, -0.25) is 57.5 Å². The van der Waals surface area contributed by atoms with Gasteiger partial charge in [0.15, 0.2) is 0 Å². The molecule has 0 unspecified atom stereocenters. The highest BCUT2D eigenvalue weighted by molar-refractivity contribution is 6.00. The van der Waals surface area contributed by atoms with E-state index in [4.69, 9.17) is 11.5 Å². The molecule has 476 valence electrons. The van der Waals surface area contributed by atoms with Crippen molar-refractivity contribution in [2.24, 2.45) is 23.3 Å². The number of carbonyl (C=O) groups excluding carboxylic acids is 11. The molecule has 13 atom stereocenters. The van der Waals surface area contributed by atoms with E-state index in [1.165, 1.54) is 23.6 Å². The Balaban J connectivity index is 1.07. The first-order valence-electron chi connectivity index (χ1n) is 29.9. The number of hydrogen-bond acceptors (Lipinski definition) is 14. The molecule has 0 spiro atoms. The summed E-state index contributed by atoms with van der Waals surface area (Å²) in [6, 6.07) is 12.1. The predicted molar refractivity (Wildman–Crippen MR) is 320 cm³/mol. The van der Waals surface area contributed by atoms with Gasteiger partial charge in [-0.1, -0.05) is 119 Å². The first-order valence-corrected chi connectivity index (χ1v) is 29.9. The summed E-state index contributed by atoms with van der Waals surface area (Å²) >= 11 is 0. The lowest BCUT2D eigenvalue weighted by atomic mass is 9.95. The SMILES string of the molecule is CC(C)[C@H](NC(=O)[C@H](CC(=O)O)NC(=O)[C@@H](NC(=O)[C@@H]1CCCN1C(=O)[C@@H](NC(=O)[C@@H](N)Cc1ccccc1)C(C)C)[C@@H](C)O)C(=O)N[C@H]1C[C@H]2CCC[C@@H](C(=O)N[C@@H](Cc3ccccc3)C(=O)N[C@@H](C)C(=O)N[C@@H](Cc3ccccc3)C(N)=O)N2C1=O. The number of aliphatic hydroxyl groups is 1. The zero-order valence-corrected chi connectivity index (χ0v) is 50.4. The number of nitrogens with one attached hydrogen (secondary N) is 8. The maximum atomic E-state index is 14.3. The second-order valence-corrected chi connectivity index (χ2v) is 23.6. The molecule has 0 radical (unpaired) electrons. The lowest BCUT2D eigenvalue weighted by Crippen LogP contribution is -2.62. The fourth-order valence-electron chi connectivity index (χ4n) is 11.2. The number of amides is 11. The molecule has 0 aliphatic carbocycles. The lowest BCUT2D eigenvalue weighted by Gasteiger charge is -2.37. The fraction of sp³-hybridized carbons (Fsp3) is 0.516. The van der Waals surface area contributed by atoms with E-state index in [0.29, 0.717) is 24.8 Å². The van der Waals surface area contributed by atoms with Gasteiger partial charge in [0.2, 0.25) is 65.0 Å². The number of hydrogen-bond donors (Lipinski definition) is 12. The van der Waals surface area contributed by atoms with Crippen molar-refractivity contribution >= 4 is 70.9 Å². The van der Waals surface area contributed by atoms with Gasteiger partial charge >= 0.3 is 5.97 Å². The smallest absolute Gasteiger partial charge is 0.305 e. The molecule has 3 heterocycles. The number of carboxylic acids is 1. The Hall–Kier alpha value is -8.78. The van der Waals surface area contributed by atoms with E-state index < -0.39 is 168 Å². The van der Waals surface area contributed by atoms with E-state index in [9.17, 15) is 67.7 Å². The van der Waals surface area contributed by atoms with Crippen molar-refractivity contribution in [1.29, 1.82) is 0 Å². The fourth-order valence-corrected chi connectivity index (χ4v) is 11.2. The Bertz CT molecular complexity index is 2990. The van der Waals surface area contributed by atoms with Crippen LogP contribution in [0.3, 0.4) is 0 Å². The number of carbonyl (C=O) groups is 12. The van der Waals surface area contributed by atoms with Crippen molar-refractivity contribution in [3.05, 3.63) is 108 Å². The maximum absolute atomic E-state index is 14.3. The third kappa shape index (κ3) is 18.6. The molecule has 0 saturated carbocycles. The van der Waals surface area contributed by atoms with Crippen LogP contribution in [0.2, 0.25) is 0 Å². The van der Waals surface area contributed by atoms with Crippen LogP contribution in [-0.2, 0) is 76.8 Å². The van der Waals surface area contributed by atoms with E-state index in [2.05, 4.69) is 42.5 Å². The average Bonchev–Trinajstić information content (AvgIpc) is 2.79. The summed E-state index contributed by atoms with van der Waals surface area (Å²) in [4.78, 5) is 167. The van der Waals surface area contributed by atoms with E-state index >= 15 is 0 Å². The molecule has 3 aliphatic rings. The molecular weight excluding hydrogens is 1140 g/mol. The molecule has 11 amide bonds. The van der Waals surface area contributed by atoms with Crippen LogP contribution < -0.4 is 54.0 Å². The largest absolute Gasteiger partial charge is 0.481 e. The van der Waals surface area contributed by atoms with Crippen molar-refractivity contribution in [3.8, 4) is 0 Å². The number of aliphatic hydroxyl groups excluding tert-OH is 1. The van der Waals surface area contributed by atoms with Crippen LogP contribution in [0.5, 0.6) is 0 Å². The summed E-state index contributed by atoms with van der Waals surface area (Å²) in [5.41, 5.74) is 14.1. The molecule has 3 aromatic rings. The number of fused-ring (bicyclic) bond motifs is 1. The van der Waals surface area contributed by atoms with Crippen molar-refractivity contribution < 1.29 is 67.7 Å². The minimum Gasteiger partial charge on any atom is -0.481 e. The predicted octanol–water partition coefficient (Wildman–Crippen LogP) is -1.26. The molecule has 88 heavy (non-hydrogen) atoms. The number of nitrogens with zero attached hydrogens (tertiary/aromatic N) is 2. The quantitative estimate of drug-likeness (QED) is 0.0386. The Kier molecular flexibility index (Phi) is 24.6. The normalized spacial score (nSPS) is 20.3. The van der Waals surface area contributed by atoms with E-state index in [-0.39, 0.29) is 45.1 Å². The van der Waals surface area contributed by atoms with Gasteiger partial charge in [-0.15, -0.1) is 0 Å². The summed E-state index contributed by atoms with van der Waals surface area (Å²) in [7, 11) is 0. The summed E-state index contributed by atoms with van der Waals surface area (Å²) in [6.45, 7) is 9.28. The summed E-state index contributed by atoms with van der Waals surface area (Å²) in [6.07, 6.45) is -0.572. The Morgan fingerprint density at radius 2 is 1.06 bits per heavy atom. The molecule has 26 heteroatoms. The molecule has 0 bridgehead atoms. The zero-order chi connectivity index (χ0) is 64.5. The van der Waals surface area contributed by atoms with Crippen LogP contribution in [-0.4, -0.2) is 176 Å². The summed E-state index contributed by atoms with van der Waals surface area (Å²) in [5, 5.41) is 41.4. The Labute approximate surface area is 511 Å². The number of likely N-dealkylation sites (tertiary alicyclic amines) is 1. The van der Waals surface area contributed by atoms with Crippen LogP contribution in [0.15, 0.2) is 91.0 Å². The summed E-state index contributed by atoms with van der Waals surface area (Å²) < 4.78 is 0. The molecule has 26 nitrogen and oxygen atoms in total. The van der Waals surface area contributed by atoms with Crippen molar-refractivity contribution in [1.82, 2.24) is 52.3 Å². The van der Waals surface area contributed by atoms with Crippen LogP contribution in [0.4, 0.5) is 0 Å². The van der Waals surface area contributed by atoms with Gasteiger partial charge in [0, 0.05) is 25.4 Å². The molecule has 6 rings (SSSR count). The van der Waals surface area contributed by atoms with E-state index in [0.717, 1.165) is 11.1 Å². The minimum atomic E-state index is -1.88. The average molecular weight is 1220 g/mol. The number of benzene rings is 3. The first kappa shape index (κ1) is 68.3. The van der Waals surface area contributed by atoms with Crippen LogP contribution in [0.25, 0.3) is 0 Å². The highest BCUT2D eigenvalue weighted by Crippen LogP contribution is 2.33. The van der Waals surface area contributed by atoms with Gasteiger partial charge in [0.05, 0.1) is 18.6 Å². The number of carboxylic acid groups (broad SMARTS) is 1.